The highest BCUT2D eigenvalue weighted by Gasteiger charge is 2.32. The minimum atomic E-state index is -3.62. The fraction of sp³-hybridized carbons (Fsp3) is 0.650. The molecular formula is C20H32N4O5S. The molecule has 2 aliphatic rings. The second-order valence-corrected chi connectivity index (χ2v) is 10.1. The Morgan fingerprint density at radius 2 is 2.07 bits per heavy atom. The van der Waals surface area contributed by atoms with Crippen LogP contribution in [0, 0.1) is 5.92 Å². The van der Waals surface area contributed by atoms with Crippen molar-refractivity contribution in [3.05, 3.63) is 18.2 Å². The largest absolute Gasteiger partial charge is 0.495 e. The van der Waals surface area contributed by atoms with Gasteiger partial charge in [0, 0.05) is 39.2 Å². The Morgan fingerprint density at radius 1 is 1.33 bits per heavy atom. The molecule has 1 aromatic rings. The van der Waals surface area contributed by atoms with E-state index in [0.717, 1.165) is 37.0 Å². The van der Waals surface area contributed by atoms with Crippen molar-refractivity contribution in [2.75, 3.05) is 59.4 Å². The number of anilines is 1. The van der Waals surface area contributed by atoms with E-state index in [-0.39, 0.29) is 10.9 Å². The third kappa shape index (κ3) is 5.23. The van der Waals surface area contributed by atoms with Crippen molar-refractivity contribution >= 4 is 21.7 Å². The van der Waals surface area contributed by atoms with Gasteiger partial charge in [0.2, 0.25) is 10.0 Å². The van der Waals surface area contributed by atoms with E-state index in [0.29, 0.717) is 23.9 Å². The van der Waals surface area contributed by atoms with Crippen molar-refractivity contribution < 1.29 is 22.7 Å². The maximum atomic E-state index is 12.6. The average Bonchev–Trinajstić information content (AvgIpc) is 3.42. The second-order valence-electron chi connectivity index (χ2n) is 7.92. The molecular weight excluding hydrogens is 408 g/mol. The lowest BCUT2D eigenvalue weighted by Gasteiger charge is -2.32. The quantitative estimate of drug-likeness (QED) is 0.637. The third-order valence-corrected chi connectivity index (χ3v) is 7.60. The van der Waals surface area contributed by atoms with Crippen molar-refractivity contribution in [2.45, 2.75) is 30.2 Å². The maximum Gasteiger partial charge on any atom is 0.319 e. The first-order chi connectivity index (χ1) is 14.3. The Labute approximate surface area is 178 Å². The van der Waals surface area contributed by atoms with Gasteiger partial charge in [0.25, 0.3) is 0 Å². The Hall–Kier alpha value is -1.88. The van der Waals surface area contributed by atoms with Crippen LogP contribution in [0.15, 0.2) is 23.1 Å². The number of rotatable bonds is 8. The highest BCUT2D eigenvalue weighted by atomic mass is 32.2. The van der Waals surface area contributed by atoms with Crippen molar-refractivity contribution in [3.8, 4) is 5.75 Å². The van der Waals surface area contributed by atoms with E-state index in [1.54, 1.807) is 0 Å². The van der Waals surface area contributed by atoms with Crippen LogP contribution >= 0.6 is 0 Å². The van der Waals surface area contributed by atoms with Crippen LogP contribution in [0.25, 0.3) is 0 Å². The summed E-state index contributed by atoms with van der Waals surface area (Å²) in [5.41, 5.74) is 0.305. The SMILES string of the molecule is COc1ccc(S(=O)(=O)N(C)C)cc1NC(=O)NCC(C1CCOC1)N1CCCC1. The number of hydrogen-bond donors (Lipinski definition) is 2. The van der Waals surface area contributed by atoms with E-state index < -0.39 is 16.1 Å². The summed E-state index contributed by atoms with van der Waals surface area (Å²) in [6, 6.07) is 4.26. The molecule has 0 spiro atoms. The molecule has 30 heavy (non-hydrogen) atoms. The van der Waals surface area contributed by atoms with Crippen LogP contribution in [0.3, 0.4) is 0 Å². The number of amides is 2. The summed E-state index contributed by atoms with van der Waals surface area (Å²) in [4.78, 5) is 15.1. The molecule has 3 rings (SSSR count). The molecule has 0 bridgehead atoms. The van der Waals surface area contributed by atoms with Crippen molar-refractivity contribution in [2.24, 2.45) is 5.92 Å². The first-order valence-corrected chi connectivity index (χ1v) is 11.7. The zero-order valence-electron chi connectivity index (χ0n) is 17.9. The van der Waals surface area contributed by atoms with Gasteiger partial charge < -0.3 is 20.1 Å². The van der Waals surface area contributed by atoms with Gasteiger partial charge in [-0.3, -0.25) is 4.90 Å². The number of carbonyl (C=O) groups excluding carboxylic acids is 1. The number of ether oxygens (including phenoxy) is 2. The molecule has 0 radical (unpaired) electrons. The molecule has 2 amide bonds. The average molecular weight is 441 g/mol. The Balaban J connectivity index is 1.68. The molecule has 2 fully saturated rings. The number of nitrogens with zero attached hydrogens (tertiary/aromatic N) is 2. The van der Waals surface area contributed by atoms with Crippen molar-refractivity contribution in [1.29, 1.82) is 0 Å². The van der Waals surface area contributed by atoms with E-state index in [2.05, 4.69) is 15.5 Å². The second kappa shape index (κ2) is 9.95. The van der Waals surface area contributed by atoms with E-state index in [1.165, 1.54) is 52.2 Å². The van der Waals surface area contributed by atoms with Crippen molar-refractivity contribution in [3.63, 3.8) is 0 Å². The molecule has 2 heterocycles. The number of benzene rings is 1. The highest BCUT2D eigenvalue weighted by Crippen LogP contribution is 2.28. The first-order valence-electron chi connectivity index (χ1n) is 10.3. The van der Waals surface area contributed by atoms with Gasteiger partial charge in [0.05, 0.1) is 24.3 Å². The molecule has 168 valence electrons. The molecule has 2 aliphatic heterocycles. The fourth-order valence-electron chi connectivity index (χ4n) is 4.04. The van der Waals surface area contributed by atoms with Crippen LogP contribution in [0.2, 0.25) is 0 Å². The molecule has 0 aliphatic carbocycles. The summed E-state index contributed by atoms with van der Waals surface area (Å²) >= 11 is 0. The minimum Gasteiger partial charge on any atom is -0.495 e. The fourth-order valence-corrected chi connectivity index (χ4v) is 4.97. The molecule has 10 heteroatoms. The number of sulfonamides is 1. The summed E-state index contributed by atoms with van der Waals surface area (Å²) in [5, 5.41) is 5.70. The van der Waals surface area contributed by atoms with Gasteiger partial charge >= 0.3 is 6.03 Å². The molecule has 2 saturated heterocycles. The monoisotopic (exact) mass is 440 g/mol. The van der Waals surface area contributed by atoms with Gasteiger partial charge in [-0.15, -0.1) is 0 Å². The first kappa shape index (κ1) is 22.8. The zero-order valence-corrected chi connectivity index (χ0v) is 18.7. The minimum absolute atomic E-state index is 0.0849. The van der Waals surface area contributed by atoms with Gasteiger partial charge in [0.15, 0.2) is 0 Å². The summed E-state index contributed by atoms with van der Waals surface area (Å²) in [7, 11) is 0.778. The van der Waals surface area contributed by atoms with Gasteiger partial charge in [-0.05, 0) is 50.6 Å². The summed E-state index contributed by atoms with van der Waals surface area (Å²) in [6.07, 6.45) is 3.37. The Morgan fingerprint density at radius 3 is 2.67 bits per heavy atom. The van der Waals surface area contributed by atoms with Crippen LogP contribution in [0.4, 0.5) is 10.5 Å². The molecule has 2 unspecified atom stereocenters. The smallest absolute Gasteiger partial charge is 0.319 e. The highest BCUT2D eigenvalue weighted by molar-refractivity contribution is 7.89. The van der Waals surface area contributed by atoms with E-state index >= 15 is 0 Å². The number of methoxy groups -OCH3 is 1. The number of urea groups is 1. The van der Waals surface area contributed by atoms with Crippen molar-refractivity contribution in [1.82, 2.24) is 14.5 Å². The van der Waals surface area contributed by atoms with Gasteiger partial charge in [-0.25, -0.2) is 17.5 Å². The standard InChI is InChI=1S/C20H32N4O5S/c1-23(2)30(26,27)16-6-7-19(28-3)17(12-16)22-20(25)21-13-18(15-8-11-29-14-15)24-9-4-5-10-24/h6-7,12,15,18H,4-5,8-11,13-14H2,1-3H3,(H2,21,22,25). The van der Waals surface area contributed by atoms with Crippen LogP contribution in [-0.4, -0.2) is 83.7 Å². The lowest BCUT2D eigenvalue weighted by molar-refractivity contribution is 0.135. The van der Waals surface area contributed by atoms with E-state index in [4.69, 9.17) is 9.47 Å². The lowest BCUT2D eigenvalue weighted by atomic mass is 9.97. The topological polar surface area (TPSA) is 100 Å². The summed E-state index contributed by atoms with van der Waals surface area (Å²) < 4.78 is 36.8. The maximum absolute atomic E-state index is 12.6. The van der Waals surface area contributed by atoms with Gasteiger partial charge in [-0.2, -0.15) is 0 Å². The number of nitrogens with one attached hydrogen (secondary N) is 2. The molecule has 2 N–H and O–H groups in total. The van der Waals surface area contributed by atoms with Crippen LogP contribution in [0.5, 0.6) is 5.75 Å². The van der Waals surface area contributed by atoms with Crippen LogP contribution in [-0.2, 0) is 14.8 Å². The number of carbonyl (C=O) groups is 1. The number of likely N-dealkylation sites (tertiary alicyclic amines) is 1. The molecule has 9 nitrogen and oxygen atoms in total. The molecule has 0 saturated carbocycles. The predicted molar refractivity (Wildman–Crippen MR) is 114 cm³/mol. The van der Waals surface area contributed by atoms with Crippen LogP contribution < -0.4 is 15.4 Å². The van der Waals surface area contributed by atoms with E-state index in [9.17, 15) is 13.2 Å². The zero-order chi connectivity index (χ0) is 21.7. The van der Waals surface area contributed by atoms with Gasteiger partial charge in [-0.1, -0.05) is 0 Å². The summed E-state index contributed by atoms with van der Waals surface area (Å²) in [5.74, 6) is 0.801. The molecule has 0 aromatic heterocycles. The van der Waals surface area contributed by atoms with Crippen LogP contribution in [0.1, 0.15) is 19.3 Å². The molecule has 1 aromatic carbocycles. The Bertz CT molecular complexity index is 818. The summed E-state index contributed by atoms with van der Waals surface area (Å²) in [6.45, 7) is 4.09. The number of hydrogen-bond acceptors (Lipinski definition) is 6. The Kier molecular flexibility index (Phi) is 7.56. The lowest BCUT2D eigenvalue weighted by Crippen LogP contribution is -2.48. The normalized spacial score (nSPS) is 21.0. The third-order valence-electron chi connectivity index (χ3n) is 5.79. The van der Waals surface area contributed by atoms with E-state index in [1.807, 2.05) is 0 Å². The van der Waals surface area contributed by atoms with Gasteiger partial charge in [0.1, 0.15) is 5.75 Å². The predicted octanol–water partition coefficient (Wildman–Crippen LogP) is 1.57. The molecule has 2 atom stereocenters.